The zero-order valence-electron chi connectivity index (χ0n) is 17.2. The fourth-order valence-electron chi connectivity index (χ4n) is 2.72. The van der Waals surface area contributed by atoms with E-state index in [0.717, 1.165) is 4.31 Å². The molecule has 1 aromatic heterocycles. The van der Waals surface area contributed by atoms with Crippen LogP contribution in [0, 0.1) is 0 Å². The predicted molar refractivity (Wildman–Crippen MR) is 124 cm³/mol. The largest absolute Gasteiger partial charge is 0.494 e. The summed E-state index contributed by atoms with van der Waals surface area (Å²) >= 11 is 5.89. The first-order valence-electron chi connectivity index (χ1n) is 9.63. The number of hydrogen-bond donors (Lipinski definition) is 1. The number of ether oxygens (including phenoxy) is 1. The van der Waals surface area contributed by atoms with Gasteiger partial charge in [0.2, 0.25) is 0 Å². The van der Waals surface area contributed by atoms with Gasteiger partial charge in [0, 0.05) is 23.0 Å². The number of hydrogen-bond acceptors (Lipinski definition) is 6. The maximum Gasteiger partial charge on any atom is 0.264 e. The third-order valence-electron chi connectivity index (χ3n) is 4.21. The Kier molecular flexibility index (Phi) is 7.80. The van der Waals surface area contributed by atoms with Gasteiger partial charge in [0.1, 0.15) is 12.3 Å². The van der Waals surface area contributed by atoms with Gasteiger partial charge in [-0.1, -0.05) is 17.7 Å². The number of nitrogens with one attached hydrogen (secondary N) is 1. The van der Waals surface area contributed by atoms with Crippen molar-refractivity contribution in [1.82, 2.24) is 10.4 Å². The Bertz CT molecular complexity index is 1170. The van der Waals surface area contributed by atoms with Crippen molar-refractivity contribution in [1.29, 1.82) is 0 Å². The minimum atomic E-state index is -4.06. The van der Waals surface area contributed by atoms with Crippen LogP contribution in [0.5, 0.6) is 5.75 Å². The number of hydrazone groups is 1. The fraction of sp³-hybridized carbons (Fsp3) is 0.136. The van der Waals surface area contributed by atoms with Gasteiger partial charge in [-0.25, -0.2) is 13.8 Å². The molecular formula is C22H21ClN4O4S. The molecule has 0 saturated carbocycles. The lowest BCUT2D eigenvalue weighted by atomic mass is 10.3. The number of aromatic nitrogens is 1. The molecule has 0 spiro atoms. The van der Waals surface area contributed by atoms with Gasteiger partial charge in [0.05, 0.1) is 23.4 Å². The summed E-state index contributed by atoms with van der Waals surface area (Å²) < 4.78 is 33.0. The Morgan fingerprint density at radius 1 is 1.16 bits per heavy atom. The van der Waals surface area contributed by atoms with E-state index in [0.29, 0.717) is 28.6 Å². The molecule has 0 fully saturated rings. The molecule has 0 saturated heterocycles. The van der Waals surface area contributed by atoms with Crippen LogP contribution >= 0.6 is 11.6 Å². The van der Waals surface area contributed by atoms with Crippen molar-refractivity contribution in [2.75, 3.05) is 17.5 Å². The molecule has 10 heteroatoms. The molecule has 0 radical (unpaired) electrons. The average molecular weight is 473 g/mol. The van der Waals surface area contributed by atoms with Crippen LogP contribution in [0.4, 0.5) is 5.69 Å². The Morgan fingerprint density at radius 2 is 1.88 bits per heavy atom. The molecule has 166 valence electrons. The van der Waals surface area contributed by atoms with Crippen LogP contribution in [-0.4, -0.2) is 38.7 Å². The van der Waals surface area contributed by atoms with E-state index < -0.39 is 22.5 Å². The van der Waals surface area contributed by atoms with Gasteiger partial charge in [-0.05, 0) is 61.5 Å². The molecule has 3 rings (SSSR count). The molecule has 0 aliphatic carbocycles. The van der Waals surface area contributed by atoms with Crippen molar-refractivity contribution in [3.8, 4) is 5.75 Å². The summed E-state index contributed by atoms with van der Waals surface area (Å²) in [4.78, 5) is 16.5. The second-order valence-electron chi connectivity index (χ2n) is 6.47. The summed E-state index contributed by atoms with van der Waals surface area (Å²) in [7, 11) is -4.06. The fourth-order valence-corrected chi connectivity index (χ4v) is 4.27. The van der Waals surface area contributed by atoms with E-state index in [2.05, 4.69) is 15.5 Å². The number of sulfonamides is 1. The van der Waals surface area contributed by atoms with E-state index >= 15 is 0 Å². The zero-order chi connectivity index (χ0) is 23.0. The van der Waals surface area contributed by atoms with Crippen molar-refractivity contribution >= 4 is 39.4 Å². The molecule has 1 heterocycles. The number of nitrogens with zero attached hydrogens (tertiary/aromatic N) is 3. The molecule has 8 nitrogen and oxygen atoms in total. The van der Waals surface area contributed by atoms with Gasteiger partial charge in [0.25, 0.3) is 15.9 Å². The monoisotopic (exact) mass is 472 g/mol. The molecule has 1 amide bonds. The van der Waals surface area contributed by atoms with E-state index in [-0.39, 0.29) is 4.90 Å². The summed E-state index contributed by atoms with van der Waals surface area (Å²) in [6, 6.07) is 15.6. The van der Waals surface area contributed by atoms with Crippen LogP contribution in [0.2, 0.25) is 5.02 Å². The number of carbonyl (C=O) groups excluding carboxylic acids is 1. The summed E-state index contributed by atoms with van der Waals surface area (Å²) in [5.41, 5.74) is 3.33. The number of rotatable bonds is 9. The van der Waals surface area contributed by atoms with Crippen molar-refractivity contribution in [3.05, 3.63) is 83.6 Å². The summed E-state index contributed by atoms with van der Waals surface area (Å²) in [6.07, 6.45) is 4.61. The lowest BCUT2D eigenvalue weighted by Crippen LogP contribution is -2.39. The van der Waals surface area contributed by atoms with Crippen molar-refractivity contribution in [3.63, 3.8) is 0 Å². The minimum Gasteiger partial charge on any atom is -0.494 e. The van der Waals surface area contributed by atoms with Crippen LogP contribution in [0.25, 0.3) is 0 Å². The molecule has 0 aliphatic rings. The molecule has 32 heavy (non-hydrogen) atoms. The molecular weight excluding hydrogens is 452 g/mol. The van der Waals surface area contributed by atoms with Crippen molar-refractivity contribution in [2.24, 2.45) is 5.10 Å². The molecule has 0 unspecified atom stereocenters. The molecule has 2 aromatic carbocycles. The van der Waals surface area contributed by atoms with E-state index in [1.165, 1.54) is 30.5 Å². The van der Waals surface area contributed by atoms with Crippen molar-refractivity contribution < 1.29 is 17.9 Å². The average Bonchev–Trinajstić information content (AvgIpc) is 2.79. The number of carbonyl (C=O) groups is 1. The van der Waals surface area contributed by atoms with Crippen molar-refractivity contribution in [2.45, 2.75) is 11.8 Å². The topological polar surface area (TPSA) is 101 Å². The third-order valence-corrected chi connectivity index (χ3v) is 6.25. The number of amides is 1. The molecule has 1 N–H and O–H groups in total. The standard InChI is InChI=1S/C22H21ClN4O4S/c1-2-31-20-9-7-19(8-10-20)27(32(29,30)21-11-5-18(23)6-12-21)16-22(28)26-25-15-17-4-3-13-24-14-17/h3-15H,2,16H2,1H3,(H,26,28)/b25-15-. The first kappa shape index (κ1) is 23.2. The minimum absolute atomic E-state index is 0.00226. The van der Waals surface area contributed by atoms with Gasteiger partial charge in [-0.15, -0.1) is 0 Å². The highest BCUT2D eigenvalue weighted by Crippen LogP contribution is 2.26. The quantitative estimate of drug-likeness (QED) is 0.379. The molecule has 0 bridgehead atoms. The summed E-state index contributed by atoms with van der Waals surface area (Å²) in [5, 5.41) is 4.27. The maximum atomic E-state index is 13.3. The van der Waals surface area contributed by atoms with Gasteiger partial charge in [-0.2, -0.15) is 5.10 Å². The molecule has 3 aromatic rings. The smallest absolute Gasteiger partial charge is 0.264 e. The Morgan fingerprint density at radius 3 is 2.50 bits per heavy atom. The van der Waals surface area contributed by atoms with Gasteiger partial charge in [0.15, 0.2) is 0 Å². The number of anilines is 1. The van der Waals surface area contributed by atoms with E-state index in [9.17, 15) is 13.2 Å². The Hall–Kier alpha value is -3.43. The molecule has 0 atom stereocenters. The van der Waals surface area contributed by atoms with Crippen LogP contribution in [0.1, 0.15) is 12.5 Å². The third kappa shape index (κ3) is 6.05. The van der Waals surface area contributed by atoms with Gasteiger partial charge >= 0.3 is 0 Å². The first-order valence-corrected chi connectivity index (χ1v) is 11.4. The van der Waals surface area contributed by atoms with Crippen LogP contribution < -0.4 is 14.5 Å². The van der Waals surface area contributed by atoms with E-state index in [1.807, 2.05) is 6.92 Å². The van der Waals surface area contributed by atoms with Crippen LogP contribution in [-0.2, 0) is 14.8 Å². The zero-order valence-corrected chi connectivity index (χ0v) is 18.8. The van der Waals surface area contributed by atoms with E-state index in [1.54, 1.807) is 48.8 Å². The SMILES string of the molecule is CCOc1ccc(N(CC(=O)N/N=C\c2cccnc2)S(=O)(=O)c2ccc(Cl)cc2)cc1. The summed E-state index contributed by atoms with van der Waals surface area (Å²) in [5.74, 6) is -0.0258. The van der Waals surface area contributed by atoms with Crippen LogP contribution in [0.15, 0.2) is 83.1 Å². The Balaban J connectivity index is 1.85. The molecule has 0 aliphatic heterocycles. The second kappa shape index (κ2) is 10.7. The van der Waals surface area contributed by atoms with E-state index in [4.69, 9.17) is 16.3 Å². The Labute approximate surface area is 191 Å². The van der Waals surface area contributed by atoms with Gasteiger partial charge < -0.3 is 4.74 Å². The highest BCUT2D eigenvalue weighted by atomic mass is 35.5. The maximum absolute atomic E-state index is 13.3. The van der Waals surface area contributed by atoms with Gasteiger partial charge in [-0.3, -0.25) is 14.1 Å². The highest BCUT2D eigenvalue weighted by Gasteiger charge is 2.27. The first-order chi connectivity index (χ1) is 15.4. The normalized spacial score (nSPS) is 11.3. The second-order valence-corrected chi connectivity index (χ2v) is 8.77. The predicted octanol–water partition coefficient (Wildman–Crippen LogP) is 3.48. The summed E-state index contributed by atoms with van der Waals surface area (Å²) in [6.45, 7) is 1.84. The lowest BCUT2D eigenvalue weighted by molar-refractivity contribution is -0.119. The number of halogens is 1. The number of pyridine rings is 1. The number of benzene rings is 2. The lowest BCUT2D eigenvalue weighted by Gasteiger charge is -2.24. The highest BCUT2D eigenvalue weighted by molar-refractivity contribution is 7.92. The van der Waals surface area contributed by atoms with Crippen LogP contribution in [0.3, 0.4) is 0 Å².